The summed E-state index contributed by atoms with van der Waals surface area (Å²) in [5.41, 5.74) is -1.69. The molecule has 1 rings (SSSR count). The molecule has 2 unspecified atom stereocenters. The minimum Gasteiger partial charge on any atom is -0.467 e. The van der Waals surface area contributed by atoms with Crippen LogP contribution in [-0.2, 0) is 15.1 Å². The van der Waals surface area contributed by atoms with Gasteiger partial charge in [-0.2, -0.15) is 0 Å². The number of aliphatic hydroxyl groups excluding tert-OH is 1. The van der Waals surface area contributed by atoms with Crippen LogP contribution in [0.5, 0.6) is 0 Å². The van der Waals surface area contributed by atoms with E-state index in [-0.39, 0.29) is 0 Å². The van der Waals surface area contributed by atoms with Crippen molar-refractivity contribution in [2.45, 2.75) is 18.6 Å². The Hall–Kier alpha value is -1.39. The molecule has 4 heteroatoms. The number of carbonyl (C=O) groups is 1. The summed E-state index contributed by atoms with van der Waals surface area (Å²) in [7, 11) is 1.17. The van der Waals surface area contributed by atoms with E-state index in [1.165, 1.54) is 14.0 Å². The number of benzene rings is 1. The molecule has 0 aliphatic carbocycles. The van der Waals surface area contributed by atoms with Gasteiger partial charge in [0.15, 0.2) is 0 Å². The van der Waals surface area contributed by atoms with Crippen LogP contribution in [0.1, 0.15) is 12.5 Å². The van der Waals surface area contributed by atoms with E-state index in [4.69, 9.17) is 0 Å². The van der Waals surface area contributed by atoms with E-state index in [9.17, 15) is 15.0 Å². The molecule has 15 heavy (non-hydrogen) atoms. The van der Waals surface area contributed by atoms with E-state index in [0.29, 0.717) is 5.56 Å². The van der Waals surface area contributed by atoms with Gasteiger partial charge in [-0.25, -0.2) is 4.79 Å². The molecule has 82 valence electrons. The molecule has 0 heterocycles. The van der Waals surface area contributed by atoms with Crippen molar-refractivity contribution in [2.24, 2.45) is 0 Å². The predicted molar refractivity (Wildman–Crippen MR) is 54.0 cm³/mol. The Balaban J connectivity index is 3.19. The Kier molecular flexibility index (Phi) is 3.44. The van der Waals surface area contributed by atoms with Crippen LogP contribution in [0.3, 0.4) is 0 Å². The van der Waals surface area contributed by atoms with Gasteiger partial charge in [-0.3, -0.25) is 0 Å². The van der Waals surface area contributed by atoms with Crippen LogP contribution in [-0.4, -0.2) is 29.4 Å². The van der Waals surface area contributed by atoms with Crippen molar-refractivity contribution in [2.75, 3.05) is 7.11 Å². The van der Waals surface area contributed by atoms with Crippen LogP contribution < -0.4 is 0 Å². The topological polar surface area (TPSA) is 66.8 Å². The normalized spacial score (nSPS) is 16.5. The molecule has 1 aromatic carbocycles. The lowest BCUT2D eigenvalue weighted by atomic mass is 9.89. The van der Waals surface area contributed by atoms with E-state index >= 15 is 0 Å². The molecule has 0 aliphatic rings. The number of hydrogen-bond acceptors (Lipinski definition) is 4. The SMILES string of the molecule is COC(=O)C(O)(c1ccccc1)C(C)O. The fraction of sp³-hybridized carbons (Fsp3) is 0.364. The Morgan fingerprint density at radius 2 is 1.93 bits per heavy atom. The summed E-state index contributed by atoms with van der Waals surface area (Å²) in [4.78, 5) is 11.4. The summed E-state index contributed by atoms with van der Waals surface area (Å²) in [6, 6.07) is 8.22. The molecule has 4 nitrogen and oxygen atoms in total. The number of ether oxygens (including phenoxy) is 1. The molecule has 0 radical (unpaired) electrons. The van der Waals surface area contributed by atoms with Crippen LogP contribution in [0.15, 0.2) is 30.3 Å². The average Bonchev–Trinajstić information content (AvgIpc) is 2.27. The van der Waals surface area contributed by atoms with E-state index < -0.39 is 17.7 Å². The van der Waals surface area contributed by atoms with Gasteiger partial charge in [-0.1, -0.05) is 30.3 Å². The molecule has 2 atom stereocenters. The highest BCUT2D eigenvalue weighted by Gasteiger charge is 2.43. The van der Waals surface area contributed by atoms with Crippen molar-refractivity contribution in [3.05, 3.63) is 35.9 Å². The third-order valence-electron chi connectivity index (χ3n) is 2.32. The summed E-state index contributed by atoms with van der Waals surface area (Å²) in [6.07, 6.45) is -1.24. The summed E-state index contributed by atoms with van der Waals surface area (Å²) < 4.78 is 4.48. The highest BCUT2D eigenvalue weighted by molar-refractivity contribution is 5.81. The maximum Gasteiger partial charge on any atom is 0.345 e. The van der Waals surface area contributed by atoms with E-state index in [0.717, 1.165) is 0 Å². The summed E-state index contributed by atoms with van der Waals surface area (Å²) in [6.45, 7) is 1.34. The molecule has 1 aromatic rings. The van der Waals surface area contributed by atoms with Crippen LogP contribution in [0.2, 0.25) is 0 Å². The molecular formula is C11H14O4. The van der Waals surface area contributed by atoms with E-state index in [2.05, 4.69) is 4.74 Å². The lowest BCUT2D eigenvalue weighted by Gasteiger charge is -2.28. The van der Waals surface area contributed by atoms with Gasteiger partial charge in [0.2, 0.25) is 5.60 Å². The Morgan fingerprint density at radius 3 is 2.33 bits per heavy atom. The van der Waals surface area contributed by atoms with Gasteiger partial charge in [-0.15, -0.1) is 0 Å². The summed E-state index contributed by atoms with van der Waals surface area (Å²) in [5.74, 6) is -0.872. The molecule has 0 bridgehead atoms. The highest BCUT2D eigenvalue weighted by Crippen LogP contribution is 2.26. The van der Waals surface area contributed by atoms with Crippen LogP contribution >= 0.6 is 0 Å². The predicted octanol–water partition coefficient (Wildman–Crippen LogP) is 0.428. The minimum absolute atomic E-state index is 0.312. The van der Waals surface area contributed by atoms with Gasteiger partial charge in [0.25, 0.3) is 0 Å². The fourth-order valence-electron chi connectivity index (χ4n) is 1.38. The maximum atomic E-state index is 11.4. The number of aliphatic hydroxyl groups is 2. The van der Waals surface area contributed by atoms with Crippen LogP contribution in [0.25, 0.3) is 0 Å². The quantitative estimate of drug-likeness (QED) is 0.710. The first-order chi connectivity index (χ1) is 7.03. The standard InChI is InChI=1S/C11H14O4/c1-8(12)11(14,10(13)15-2)9-6-4-3-5-7-9/h3-8,12,14H,1-2H3. The third kappa shape index (κ3) is 2.00. The molecule has 2 N–H and O–H groups in total. The van der Waals surface area contributed by atoms with Crippen LogP contribution in [0, 0.1) is 0 Å². The van der Waals surface area contributed by atoms with E-state index in [1.54, 1.807) is 30.3 Å². The summed E-state index contributed by atoms with van der Waals surface area (Å²) in [5, 5.41) is 19.6. The highest BCUT2D eigenvalue weighted by atomic mass is 16.5. The van der Waals surface area contributed by atoms with Crippen molar-refractivity contribution in [1.29, 1.82) is 0 Å². The average molecular weight is 210 g/mol. The zero-order valence-corrected chi connectivity index (χ0v) is 8.68. The lowest BCUT2D eigenvalue weighted by molar-refractivity contribution is -0.176. The molecule has 0 saturated heterocycles. The molecule has 0 saturated carbocycles. The number of hydrogen-bond donors (Lipinski definition) is 2. The summed E-state index contributed by atoms with van der Waals surface area (Å²) >= 11 is 0. The first-order valence-corrected chi connectivity index (χ1v) is 4.58. The second-order valence-electron chi connectivity index (χ2n) is 3.30. The Bertz CT molecular complexity index is 334. The van der Waals surface area contributed by atoms with E-state index in [1.807, 2.05) is 0 Å². The zero-order chi connectivity index (χ0) is 11.5. The van der Waals surface area contributed by atoms with Gasteiger partial charge >= 0.3 is 5.97 Å². The maximum absolute atomic E-state index is 11.4. The first kappa shape index (κ1) is 11.7. The van der Waals surface area contributed by atoms with Crippen molar-refractivity contribution in [3.63, 3.8) is 0 Å². The second kappa shape index (κ2) is 4.42. The molecule has 0 fully saturated rings. The van der Waals surface area contributed by atoms with Gasteiger partial charge in [0.1, 0.15) is 0 Å². The zero-order valence-electron chi connectivity index (χ0n) is 8.68. The number of esters is 1. The minimum atomic E-state index is -2.00. The first-order valence-electron chi connectivity index (χ1n) is 4.58. The number of methoxy groups -OCH3 is 1. The molecular weight excluding hydrogens is 196 g/mol. The Labute approximate surface area is 88.1 Å². The van der Waals surface area contributed by atoms with Crippen molar-refractivity contribution < 1.29 is 19.7 Å². The van der Waals surface area contributed by atoms with Crippen molar-refractivity contribution in [3.8, 4) is 0 Å². The second-order valence-corrected chi connectivity index (χ2v) is 3.30. The molecule has 0 amide bonds. The largest absolute Gasteiger partial charge is 0.467 e. The monoisotopic (exact) mass is 210 g/mol. The third-order valence-corrected chi connectivity index (χ3v) is 2.32. The van der Waals surface area contributed by atoms with Gasteiger partial charge in [0.05, 0.1) is 13.2 Å². The smallest absolute Gasteiger partial charge is 0.345 e. The fourth-order valence-corrected chi connectivity index (χ4v) is 1.38. The molecule has 0 spiro atoms. The lowest BCUT2D eigenvalue weighted by Crippen LogP contribution is -2.46. The van der Waals surface area contributed by atoms with Crippen LogP contribution in [0.4, 0.5) is 0 Å². The Morgan fingerprint density at radius 1 is 1.40 bits per heavy atom. The molecule has 0 aromatic heterocycles. The van der Waals surface area contributed by atoms with Gasteiger partial charge in [0, 0.05) is 0 Å². The van der Waals surface area contributed by atoms with Gasteiger partial charge in [-0.05, 0) is 12.5 Å². The van der Waals surface area contributed by atoms with Crippen molar-refractivity contribution in [1.82, 2.24) is 0 Å². The number of carbonyl (C=O) groups excluding carboxylic acids is 1. The van der Waals surface area contributed by atoms with Crippen molar-refractivity contribution >= 4 is 5.97 Å². The number of rotatable bonds is 3. The van der Waals surface area contributed by atoms with Gasteiger partial charge < -0.3 is 14.9 Å². The molecule has 0 aliphatic heterocycles.